The number of benzene rings is 1. The van der Waals surface area contributed by atoms with Gasteiger partial charge in [-0.25, -0.2) is 0 Å². The van der Waals surface area contributed by atoms with Gasteiger partial charge in [0.1, 0.15) is 5.75 Å². The van der Waals surface area contributed by atoms with Gasteiger partial charge in [-0.05, 0) is 31.2 Å². The Morgan fingerprint density at radius 3 is 2.41 bits per heavy atom. The molecule has 22 heavy (non-hydrogen) atoms. The number of hydrogen-bond acceptors (Lipinski definition) is 8. The van der Waals surface area contributed by atoms with Crippen molar-refractivity contribution in [2.45, 2.75) is 12.1 Å². The van der Waals surface area contributed by atoms with Gasteiger partial charge >= 0.3 is 0 Å². The molecule has 8 nitrogen and oxygen atoms in total. The number of anilines is 3. The summed E-state index contributed by atoms with van der Waals surface area (Å²) in [6, 6.07) is 7.12. The first-order valence-electron chi connectivity index (χ1n) is 6.49. The van der Waals surface area contributed by atoms with E-state index in [2.05, 4.69) is 20.3 Å². The highest BCUT2D eigenvalue weighted by molar-refractivity contribution is 7.99. The maximum atomic E-state index is 11.9. The third kappa shape index (κ3) is 4.77. The number of ether oxygens (including phenoxy) is 1. The van der Waals surface area contributed by atoms with Crippen LogP contribution in [0.1, 0.15) is 6.92 Å². The van der Waals surface area contributed by atoms with E-state index < -0.39 is 0 Å². The van der Waals surface area contributed by atoms with Gasteiger partial charge in [0.2, 0.25) is 17.8 Å². The van der Waals surface area contributed by atoms with Gasteiger partial charge in [0, 0.05) is 5.69 Å². The zero-order valence-electron chi connectivity index (χ0n) is 11.9. The van der Waals surface area contributed by atoms with Crippen molar-refractivity contribution in [1.29, 1.82) is 0 Å². The van der Waals surface area contributed by atoms with Crippen molar-refractivity contribution in [3.05, 3.63) is 24.3 Å². The lowest BCUT2D eigenvalue weighted by atomic mass is 10.3. The summed E-state index contributed by atoms with van der Waals surface area (Å²) >= 11 is 1.13. The highest BCUT2D eigenvalue weighted by Crippen LogP contribution is 2.17. The first-order chi connectivity index (χ1) is 10.6. The fraction of sp³-hybridized carbons (Fsp3) is 0.231. The molecule has 0 saturated carbocycles. The molecule has 116 valence electrons. The van der Waals surface area contributed by atoms with Crippen LogP contribution >= 0.6 is 11.8 Å². The molecule has 0 radical (unpaired) electrons. The number of nitrogens with two attached hydrogens (primary N) is 2. The molecule has 1 heterocycles. The number of amides is 1. The van der Waals surface area contributed by atoms with Crippen LogP contribution < -0.4 is 21.5 Å². The largest absolute Gasteiger partial charge is 0.494 e. The monoisotopic (exact) mass is 320 g/mol. The van der Waals surface area contributed by atoms with Gasteiger partial charge in [-0.15, -0.1) is 0 Å². The first kappa shape index (κ1) is 15.8. The standard InChI is InChI=1S/C13H16N6O2S/c1-2-21-9-5-3-8(4-6-9)16-10(20)7-22-13-18-11(14)17-12(15)19-13/h3-6H,2,7H2,1H3,(H,16,20)(H4,14,15,17,18,19). The average Bonchev–Trinajstić information content (AvgIpc) is 2.47. The Labute approximate surface area is 131 Å². The van der Waals surface area contributed by atoms with Crippen LogP contribution in [0.3, 0.4) is 0 Å². The Morgan fingerprint density at radius 2 is 1.82 bits per heavy atom. The van der Waals surface area contributed by atoms with Crippen molar-refractivity contribution in [3.63, 3.8) is 0 Å². The van der Waals surface area contributed by atoms with E-state index in [4.69, 9.17) is 16.2 Å². The molecular formula is C13H16N6O2S. The SMILES string of the molecule is CCOc1ccc(NC(=O)CSc2nc(N)nc(N)n2)cc1. The summed E-state index contributed by atoms with van der Waals surface area (Å²) in [6.45, 7) is 2.51. The maximum Gasteiger partial charge on any atom is 0.234 e. The molecule has 0 spiro atoms. The molecular weight excluding hydrogens is 304 g/mol. The Bertz CT molecular complexity index is 629. The van der Waals surface area contributed by atoms with Gasteiger partial charge < -0.3 is 21.5 Å². The van der Waals surface area contributed by atoms with E-state index in [1.165, 1.54) is 0 Å². The second-order valence-corrected chi connectivity index (χ2v) is 5.07. The lowest BCUT2D eigenvalue weighted by Gasteiger charge is -2.07. The molecule has 0 aliphatic carbocycles. The minimum atomic E-state index is -0.188. The van der Waals surface area contributed by atoms with Gasteiger partial charge in [-0.3, -0.25) is 4.79 Å². The summed E-state index contributed by atoms with van der Waals surface area (Å²) in [4.78, 5) is 23.3. The average molecular weight is 320 g/mol. The molecule has 0 bridgehead atoms. The van der Waals surface area contributed by atoms with Gasteiger partial charge in [0.05, 0.1) is 12.4 Å². The quantitative estimate of drug-likeness (QED) is 0.676. The van der Waals surface area contributed by atoms with Crippen LogP contribution in [-0.4, -0.2) is 33.2 Å². The summed E-state index contributed by atoms with van der Waals surface area (Å²) in [5.74, 6) is 0.761. The van der Waals surface area contributed by atoms with Gasteiger partial charge in [0.25, 0.3) is 0 Å². The molecule has 9 heteroatoms. The van der Waals surface area contributed by atoms with E-state index in [0.717, 1.165) is 17.5 Å². The predicted molar refractivity (Wildman–Crippen MR) is 85.6 cm³/mol. The molecule has 2 rings (SSSR count). The van der Waals surface area contributed by atoms with Gasteiger partial charge in [-0.2, -0.15) is 15.0 Å². The number of carbonyl (C=O) groups excluding carboxylic acids is 1. The molecule has 2 aromatic rings. The Hall–Kier alpha value is -2.55. The minimum Gasteiger partial charge on any atom is -0.494 e. The fourth-order valence-electron chi connectivity index (χ4n) is 1.58. The minimum absolute atomic E-state index is 0.0296. The van der Waals surface area contributed by atoms with E-state index in [0.29, 0.717) is 17.5 Å². The van der Waals surface area contributed by atoms with Crippen LogP contribution in [0.15, 0.2) is 29.4 Å². The lowest BCUT2D eigenvalue weighted by molar-refractivity contribution is -0.113. The summed E-state index contributed by atoms with van der Waals surface area (Å²) < 4.78 is 5.33. The number of thioether (sulfide) groups is 1. The number of hydrogen-bond donors (Lipinski definition) is 3. The Morgan fingerprint density at radius 1 is 1.18 bits per heavy atom. The summed E-state index contributed by atoms with van der Waals surface area (Å²) in [5.41, 5.74) is 11.6. The van der Waals surface area contributed by atoms with E-state index in [1.807, 2.05) is 6.92 Å². The molecule has 1 aromatic heterocycles. The first-order valence-corrected chi connectivity index (χ1v) is 7.48. The number of carbonyl (C=O) groups is 1. The van der Waals surface area contributed by atoms with Crippen molar-refractivity contribution < 1.29 is 9.53 Å². The van der Waals surface area contributed by atoms with Gasteiger partial charge in [0.15, 0.2) is 5.16 Å². The van der Waals surface area contributed by atoms with Gasteiger partial charge in [-0.1, -0.05) is 11.8 Å². The zero-order valence-corrected chi connectivity index (χ0v) is 12.8. The van der Waals surface area contributed by atoms with E-state index >= 15 is 0 Å². The number of nitrogens with zero attached hydrogens (tertiary/aromatic N) is 3. The number of rotatable bonds is 6. The molecule has 0 saturated heterocycles. The molecule has 1 aromatic carbocycles. The van der Waals surface area contributed by atoms with Crippen molar-refractivity contribution in [2.75, 3.05) is 29.1 Å². The Balaban J connectivity index is 1.87. The lowest BCUT2D eigenvalue weighted by Crippen LogP contribution is -2.14. The number of nitrogens with one attached hydrogen (secondary N) is 1. The molecule has 5 N–H and O–H groups in total. The fourth-order valence-corrected chi connectivity index (χ4v) is 2.23. The topological polar surface area (TPSA) is 129 Å². The third-order valence-corrected chi connectivity index (χ3v) is 3.28. The summed E-state index contributed by atoms with van der Waals surface area (Å²) in [7, 11) is 0. The highest BCUT2D eigenvalue weighted by atomic mass is 32.2. The van der Waals surface area contributed by atoms with E-state index in [1.54, 1.807) is 24.3 Å². The van der Waals surface area contributed by atoms with Crippen molar-refractivity contribution >= 4 is 35.3 Å². The second-order valence-electron chi connectivity index (χ2n) is 4.13. The van der Waals surface area contributed by atoms with E-state index in [-0.39, 0.29) is 23.6 Å². The molecule has 0 atom stereocenters. The maximum absolute atomic E-state index is 11.9. The van der Waals surface area contributed by atoms with Crippen molar-refractivity contribution in [2.24, 2.45) is 0 Å². The van der Waals surface area contributed by atoms with Crippen LogP contribution in [0.25, 0.3) is 0 Å². The van der Waals surface area contributed by atoms with Crippen LogP contribution in [0.4, 0.5) is 17.6 Å². The number of aromatic nitrogens is 3. The molecule has 0 fully saturated rings. The molecule has 0 aliphatic heterocycles. The molecule has 0 aliphatic rings. The normalized spacial score (nSPS) is 10.2. The van der Waals surface area contributed by atoms with Crippen LogP contribution in [0, 0.1) is 0 Å². The predicted octanol–water partition coefficient (Wildman–Crippen LogP) is 1.17. The van der Waals surface area contributed by atoms with Crippen LogP contribution in [0.2, 0.25) is 0 Å². The molecule has 0 unspecified atom stereocenters. The van der Waals surface area contributed by atoms with Crippen molar-refractivity contribution in [1.82, 2.24) is 15.0 Å². The zero-order chi connectivity index (χ0) is 15.9. The summed E-state index contributed by atoms with van der Waals surface area (Å²) in [6.07, 6.45) is 0. The third-order valence-electron chi connectivity index (χ3n) is 2.43. The van der Waals surface area contributed by atoms with E-state index in [9.17, 15) is 4.79 Å². The van der Waals surface area contributed by atoms with Crippen LogP contribution in [0.5, 0.6) is 5.75 Å². The smallest absolute Gasteiger partial charge is 0.234 e. The van der Waals surface area contributed by atoms with Crippen molar-refractivity contribution in [3.8, 4) is 5.75 Å². The molecule has 1 amide bonds. The highest BCUT2D eigenvalue weighted by Gasteiger charge is 2.07. The Kier molecular flexibility index (Phi) is 5.37. The second kappa shape index (κ2) is 7.46. The van der Waals surface area contributed by atoms with Crippen LogP contribution in [-0.2, 0) is 4.79 Å². The summed E-state index contributed by atoms with van der Waals surface area (Å²) in [5, 5.41) is 3.07. The number of nitrogen functional groups attached to an aromatic ring is 2.